The molecule has 1 N–H and O–H groups in total. The lowest BCUT2D eigenvalue weighted by molar-refractivity contribution is -0.119. The second-order valence-corrected chi connectivity index (χ2v) is 10.2. The molecule has 1 heterocycles. The Morgan fingerprint density at radius 1 is 0.968 bits per heavy atom. The van der Waals surface area contributed by atoms with Gasteiger partial charge in [0.2, 0.25) is 15.9 Å². The number of carbonyl (C=O) groups is 1. The van der Waals surface area contributed by atoms with Gasteiger partial charge in [0.1, 0.15) is 6.54 Å². The number of aryl methyl sites for hydroxylation is 1. The van der Waals surface area contributed by atoms with Crippen molar-refractivity contribution in [2.75, 3.05) is 30.2 Å². The van der Waals surface area contributed by atoms with E-state index in [1.165, 1.54) is 31.2 Å². The molecule has 1 amide bonds. The number of rotatable bonds is 8. The molecule has 0 atom stereocenters. The number of benzene rings is 2. The van der Waals surface area contributed by atoms with Crippen LogP contribution in [0.1, 0.15) is 42.4 Å². The predicted octanol–water partition coefficient (Wildman–Crippen LogP) is 3.45. The number of likely N-dealkylation sites (tertiary alicyclic amines) is 1. The summed E-state index contributed by atoms with van der Waals surface area (Å²) in [7, 11) is -3.57. The van der Waals surface area contributed by atoms with Gasteiger partial charge in [0.15, 0.2) is 0 Å². The Balaban J connectivity index is 1.55. The SMILES string of the molecule is Cc1ccccc1N(CC(=O)NCc1ccc(CN2CCCCCC2)cc1)S(C)(=O)=O. The van der Waals surface area contributed by atoms with E-state index in [-0.39, 0.29) is 12.5 Å². The standard InChI is InChI=1S/C24H33N3O3S/c1-20-9-5-6-10-23(20)27(31(2,29)30)19-24(28)25-17-21-11-13-22(14-12-21)18-26-15-7-3-4-8-16-26/h5-6,9-14H,3-4,7-8,15-19H2,1-2H3,(H,25,28). The molecule has 1 fully saturated rings. The third kappa shape index (κ3) is 7.08. The molecule has 0 bridgehead atoms. The lowest BCUT2D eigenvalue weighted by Gasteiger charge is -2.23. The van der Waals surface area contributed by atoms with E-state index >= 15 is 0 Å². The second kappa shape index (κ2) is 10.8. The second-order valence-electron chi connectivity index (χ2n) is 8.34. The van der Waals surface area contributed by atoms with E-state index in [4.69, 9.17) is 0 Å². The number of carbonyl (C=O) groups excluding carboxylic acids is 1. The summed E-state index contributed by atoms with van der Waals surface area (Å²) < 4.78 is 25.7. The molecule has 2 aromatic rings. The van der Waals surface area contributed by atoms with E-state index in [9.17, 15) is 13.2 Å². The van der Waals surface area contributed by atoms with Crippen LogP contribution in [-0.2, 0) is 27.9 Å². The summed E-state index contributed by atoms with van der Waals surface area (Å²) in [5.74, 6) is -0.331. The van der Waals surface area contributed by atoms with E-state index in [0.29, 0.717) is 12.2 Å². The van der Waals surface area contributed by atoms with Crippen molar-refractivity contribution >= 4 is 21.6 Å². The fourth-order valence-corrected chi connectivity index (χ4v) is 4.84. The minimum absolute atomic E-state index is 0.239. The van der Waals surface area contributed by atoms with Crippen LogP contribution < -0.4 is 9.62 Å². The number of para-hydroxylation sites is 1. The zero-order valence-electron chi connectivity index (χ0n) is 18.5. The van der Waals surface area contributed by atoms with E-state index in [2.05, 4.69) is 22.3 Å². The smallest absolute Gasteiger partial charge is 0.241 e. The van der Waals surface area contributed by atoms with Crippen LogP contribution in [-0.4, -0.2) is 45.1 Å². The van der Waals surface area contributed by atoms with Crippen LogP contribution in [0.5, 0.6) is 0 Å². The molecule has 0 spiro atoms. The lowest BCUT2D eigenvalue weighted by atomic mass is 10.1. The number of nitrogens with zero attached hydrogens (tertiary/aromatic N) is 2. The summed E-state index contributed by atoms with van der Waals surface area (Å²) in [6, 6.07) is 15.4. The third-order valence-corrected chi connectivity index (χ3v) is 6.82. The third-order valence-electron chi connectivity index (χ3n) is 5.69. The largest absolute Gasteiger partial charge is 0.350 e. The molecule has 0 aliphatic carbocycles. The van der Waals surface area contributed by atoms with Gasteiger partial charge < -0.3 is 5.32 Å². The van der Waals surface area contributed by atoms with Crippen LogP contribution >= 0.6 is 0 Å². The van der Waals surface area contributed by atoms with Crippen molar-refractivity contribution in [1.82, 2.24) is 10.2 Å². The first-order chi connectivity index (χ1) is 14.8. The summed E-state index contributed by atoms with van der Waals surface area (Å²) in [5, 5.41) is 2.84. The average molecular weight is 444 g/mol. The van der Waals surface area contributed by atoms with Crippen LogP contribution in [0.4, 0.5) is 5.69 Å². The first-order valence-corrected chi connectivity index (χ1v) is 12.8. The highest BCUT2D eigenvalue weighted by Gasteiger charge is 2.22. The molecular formula is C24H33N3O3S. The van der Waals surface area contributed by atoms with Crippen LogP contribution in [0.2, 0.25) is 0 Å². The Hall–Kier alpha value is -2.38. The molecular weight excluding hydrogens is 410 g/mol. The van der Waals surface area contributed by atoms with Crippen molar-refractivity contribution in [2.24, 2.45) is 0 Å². The van der Waals surface area contributed by atoms with Crippen LogP contribution in [0, 0.1) is 6.92 Å². The highest BCUT2D eigenvalue weighted by molar-refractivity contribution is 7.92. The zero-order valence-corrected chi connectivity index (χ0v) is 19.3. The molecule has 6 nitrogen and oxygen atoms in total. The topological polar surface area (TPSA) is 69.7 Å². The van der Waals surface area contributed by atoms with Gasteiger partial charge in [0.05, 0.1) is 11.9 Å². The normalized spacial score (nSPS) is 15.3. The molecule has 31 heavy (non-hydrogen) atoms. The van der Waals surface area contributed by atoms with E-state index in [0.717, 1.165) is 41.3 Å². The van der Waals surface area contributed by atoms with Crippen molar-refractivity contribution in [3.8, 4) is 0 Å². The molecule has 1 saturated heterocycles. The summed E-state index contributed by atoms with van der Waals surface area (Å²) in [6.07, 6.45) is 6.33. The first-order valence-electron chi connectivity index (χ1n) is 10.9. The molecule has 0 saturated carbocycles. The molecule has 2 aromatic carbocycles. The highest BCUT2D eigenvalue weighted by atomic mass is 32.2. The molecule has 3 rings (SSSR count). The van der Waals surface area contributed by atoms with Crippen LogP contribution in [0.15, 0.2) is 48.5 Å². The molecule has 168 valence electrons. The Morgan fingerprint density at radius 2 is 1.58 bits per heavy atom. The van der Waals surface area contributed by atoms with Gasteiger partial charge in [0, 0.05) is 13.1 Å². The maximum atomic E-state index is 12.5. The van der Waals surface area contributed by atoms with Crippen molar-refractivity contribution in [2.45, 2.75) is 45.7 Å². The molecule has 0 radical (unpaired) electrons. The molecule has 1 aliphatic rings. The van der Waals surface area contributed by atoms with Gasteiger partial charge in [-0.1, -0.05) is 55.3 Å². The van der Waals surface area contributed by atoms with Gasteiger partial charge >= 0.3 is 0 Å². The van der Waals surface area contributed by atoms with Gasteiger partial charge in [-0.05, 0) is 55.6 Å². The Kier molecular flexibility index (Phi) is 8.09. The van der Waals surface area contributed by atoms with Gasteiger partial charge in [-0.25, -0.2) is 8.42 Å². The number of anilines is 1. The highest BCUT2D eigenvalue weighted by Crippen LogP contribution is 2.21. The maximum Gasteiger partial charge on any atom is 0.241 e. The van der Waals surface area contributed by atoms with Crippen LogP contribution in [0.25, 0.3) is 0 Å². The Morgan fingerprint density at radius 3 is 2.19 bits per heavy atom. The minimum atomic E-state index is -3.57. The number of hydrogen-bond donors (Lipinski definition) is 1. The predicted molar refractivity (Wildman–Crippen MR) is 125 cm³/mol. The zero-order chi connectivity index (χ0) is 22.3. The van der Waals surface area contributed by atoms with Crippen molar-refractivity contribution in [3.63, 3.8) is 0 Å². The van der Waals surface area contributed by atoms with Crippen molar-refractivity contribution < 1.29 is 13.2 Å². The van der Waals surface area contributed by atoms with Crippen molar-refractivity contribution in [1.29, 1.82) is 0 Å². The average Bonchev–Trinajstić information content (AvgIpc) is 3.00. The van der Waals surface area contributed by atoms with E-state index in [1.807, 2.05) is 31.2 Å². The maximum absolute atomic E-state index is 12.5. The van der Waals surface area contributed by atoms with Gasteiger partial charge in [-0.2, -0.15) is 0 Å². The number of amides is 1. The van der Waals surface area contributed by atoms with Crippen LogP contribution in [0.3, 0.4) is 0 Å². The molecule has 7 heteroatoms. The summed E-state index contributed by atoms with van der Waals surface area (Å²) in [4.78, 5) is 15.0. The van der Waals surface area contributed by atoms with E-state index < -0.39 is 10.0 Å². The van der Waals surface area contributed by atoms with E-state index in [1.54, 1.807) is 12.1 Å². The number of nitrogens with one attached hydrogen (secondary N) is 1. The van der Waals surface area contributed by atoms with Gasteiger partial charge in [-0.15, -0.1) is 0 Å². The van der Waals surface area contributed by atoms with Crippen molar-refractivity contribution in [3.05, 3.63) is 65.2 Å². The molecule has 1 aliphatic heterocycles. The first kappa shape index (κ1) is 23.3. The van der Waals surface area contributed by atoms with Gasteiger partial charge in [-0.3, -0.25) is 14.0 Å². The van der Waals surface area contributed by atoms with Gasteiger partial charge in [0.25, 0.3) is 0 Å². The fraction of sp³-hybridized carbons (Fsp3) is 0.458. The summed E-state index contributed by atoms with van der Waals surface area (Å²) >= 11 is 0. The molecule has 0 unspecified atom stereocenters. The number of hydrogen-bond acceptors (Lipinski definition) is 4. The quantitative estimate of drug-likeness (QED) is 0.678. The monoisotopic (exact) mass is 443 g/mol. The summed E-state index contributed by atoms with van der Waals surface area (Å²) in [6.45, 7) is 5.25. The Bertz CT molecular complexity index is 966. The summed E-state index contributed by atoms with van der Waals surface area (Å²) in [5.41, 5.74) is 3.60. The Labute approximate surface area is 186 Å². The lowest BCUT2D eigenvalue weighted by Crippen LogP contribution is -2.40. The fourth-order valence-electron chi connectivity index (χ4n) is 3.93. The molecule has 0 aromatic heterocycles. The number of sulfonamides is 1. The minimum Gasteiger partial charge on any atom is -0.350 e.